The molecule has 0 unspecified atom stereocenters. The highest BCUT2D eigenvalue weighted by atomic mass is 16.2. The minimum absolute atomic E-state index is 0.118. The van der Waals surface area contributed by atoms with Crippen LogP contribution in [0.5, 0.6) is 0 Å². The highest BCUT2D eigenvalue weighted by Gasteiger charge is 2.57. The zero-order valence-electron chi connectivity index (χ0n) is 18.9. The molecule has 2 aliphatic heterocycles. The first-order valence-electron chi connectivity index (χ1n) is 11.5. The summed E-state index contributed by atoms with van der Waals surface area (Å²) >= 11 is 0. The minimum Gasteiger partial charge on any atom is -0.344 e. The molecule has 3 aromatic rings. The summed E-state index contributed by atoms with van der Waals surface area (Å²) in [7, 11) is 0. The molecule has 1 aliphatic carbocycles. The Kier molecular flexibility index (Phi) is 3.98. The van der Waals surface area contributed by atoms with E-state index in [0.717, 1.165) is 13.0 Å². The van der Waals surface area contributed by atoms with E-state index in [2.05, 4.69) is 104 Å². The van der Waals surface area contributed by atoms with Crippen molar-refractivity contribution in [2.45, 2.75) is 44.7 Å². The van der Waals surface area contributed by atoms with E-state index in [1.165, 1.54) is 44.6 Å². The standard InChI is InChI=1S/C29H28N2O/c1-19-8-11-26-25(16-19)28(2,3)29(30-27(32)13-15-31(26)29)14-12-20-9-10-24-22(17-20)18-21-6-4-5-7-23(21)24/h4-12,14,16-17H,13,15,18H2,1-3H3,(H,30,32)/b14-12+/t29-/m0/s1. The predicted molar refractivity (Wildman–Crippen MR) is 131 cm³/mol. The maximum atomic E-state index is 12.6. The third kappa shape index (κ3) is 2.57. The van der Waals surface area contributed by atoms with Gasteiger partial charge in [-0.25, -0.2) is 0 Å². The molecule has 0 bridgehead atoms. The Bertz CT molecular complexity index is 1300. The molecule has 1 saturated heterocycles. The first kappa shape index (κ1) is 19.4. The van der Waals surface area contributed by atoms with E-state index in [-0.39, 0.29) is 11.3 Å². The van der Waals surface area contributed by atoms with Crippen LogP contribution in [0.2, 0.25) is 0 Å². The molecule has 32 heavy (non-hydrogen) atoms. The van der Waals surface area contributed by atoms with Gasteiger partial charge < -0.3 is 10.2 Å². The first-order valence-corrected chi connectivity index (χ1v) is 11.5. The third-order valence-corrected chi connectivity index (χ3v) is 7.72. The van der Waals surface area contributed by atoms with E-state index in [0.29, 0.717) is 6.42 Å². The Morgan fingerprint density at radius 3 is 2.66 bits per heavy atom. The molecule has 3 nitrogen and oxygen atoms in total. The van der Waals surface area contributed by atoms with Crippen LogP contribution in [0.25, 0.3) is 17.2 Å². The summed E-state index contributed by atoms with van der Waals surface area (Å²) in [5, 5.41) is 3.39. The number of anilines is 1. The van der Waals surface area contributed by atoms with Crippen LogP contribution in [0.1, 0.15) is 48.1 Å². The van der Waals surface area contributed by atoms with Crippen molar-refractivity contribution in [2.75, 3.05) is 11.4 Å². The number of nitrogens with one attached hydrogen (secondary N) is 1. The van der Waals surface area contributed by atoms with E-state index in [9.17, 15) is 4.79 Å². The lowest BCUT2D eigenvalue weighted by Crippen LogP contribution is -2.68. The lowest BCUT2D eigenvalue weighted by molar-refractivity contribution is -0.124. The van der Waals surface area contributed by atoms with Crippen LogP contribution < -0.4 is 10.2 Å². The van der Waals surface area contributed by atoms with Gasteiger partial charge in [-0.1, -0.05) is 80.1 Å². The summed E-state index contributed by atoms with van der Waals surface area (Å²) in [6, 6.07) is 22.1. The molecule has 0 spiro atoms. The average Bonchev–Trinajstić information content (AvgIpc) is 3.23. The number of nitrogens with zero attached hydrogens (tertiary/aromatic N) is 1. The van der Waals surface area contributed by atoms with Crippen molar-refractivity contribution in [3.05, 3.63) is 94.6 Å². The fourth-order valence-electron chi connectivity index (χ4n) is 5.95. The Balaban J connectivity index is 1.42. The van der Waals surface area contributed by atoms with Gasteiger partial charge in [0.2, 0.25) is 5.91 Å². The largest absolute Gasteiger partial charge is 0.344 e. The number of amides is 1. The van der Waals surface area contributed by atoms with Crippen molar-refractivity contribution in [3.8, 4) is 11.1 Å². The molecule has 6 rings (SSSR count). The van der Waals surface area contributed by atoms with Crippen molar-refractivity contribution >= 4 is 17.7 Å². The molecule has 1 atom stereocenters. The topological polar surface area (TPSA) is 32.3 Å². The zero-order valence-corrected chi connectivity index (χ0v) is 18.9. The molecule has 3 heteroatoms. The smallest absolute Gasteiger partial charge is 0.223 e. The molecule has 1 amide bonds. The van der Waals surface area contributed by atoms with Crippen molar-refractivity contribution in [2.24, 2.45) is 0 Å². The summed E-state index contributed by atoms with van der Waals surface area (Å²) in [5.74, 6) is 0.118. The van der Waals surface area contributed by atoms with Crippen LogP contribution in [0.15, 0.2) is 66.7 Å². The monoisotopic (exact) mass is 420 g/mol. The van der Waals surface area contributed by atoms with Crippen LogP contribution in [-0.2, 0) is 16.6 Å². The lowest BCUT2D eigenvalue weighted by atomic mass is 9.74. The molecule has 2 heterocycles. The van der Waals surface area contributed by atoms with Gasteiger partial charge in [-0.15, -0.1) is 0 Å². The molecule has 1 fully saturated rings. The van der Waals surface area contributed by atoms with Gasteiger partial charge in [-0.2, -0.15) is 0 Å². The van der Waals surface area contributed by atoms with Gasteiger partial charge in [0.1, 0.15) is 5.66 Å². The number of carbonyl (C=O) groups is 1. The SMILES string of the molecule is Cc1ccc2c(c1)C(C)(C)[C@@]1(/C=C/c3ccc4c(c3)Cc3ccccc3-4)NC(=O)CCN21. The van der Waals surface area contributed by atoms with Gasteiger partial charge in [-0.3, -0.25) is 4.79 Å². The summed E-state index contributed by atoms with van der Waals surface area (Å²) in [4.78, 5) is 15.0. The van der Waals surface area contributed by atoms with E-state index in [1.807, 2.05) is 0 Å². The number of benzene rings is 3. The van der Waals surface area contributed by atoms with Crippen LogP contribution in [0.3, 0.4) is 0 Å². The summed E-state index contributed by atoms with van der Waals surface area (Å²) in [6.45, 7) is 7.37. The molecule has 0 saturated carbocycles. The lowest BCUT2D eigenvalue weighted by Gasteiger charge is -2.49. The molecular weight excluding hydrogens is 392 g/mol. The van der Waals surface area contributed by atoms with Gasteiger partial charge >= 0.3 is 0 Å². The van der Waals surface area contributed by atoms with Gasteiger partial charge in [0.15, 0.2) is 0 Å². The third-order valence-electron chi connectivity index (χ3n) is 7.72. The van der Waals surface area contributed by atoms with Crippen molar-refractivity contribution < 1.29 is 4.79 Å². The number of aryl methyl sites for hydroxylation is 1. The van der Waals surface area contributed by atoms with E-state index in [1.54, 1.807) is 0 Å². The van der Waals surface area contributed by atoms with Gasteiger partial charge in [-0.05, 0) is 58.9 Å². The second kappa shape index (κ2) is 6.59. The van der Waals surface area contributed by atoms with E-state index >= 15 is 0 Å². The van der Waals surface area contributed by atoms with Gasteiger partial charge in [0.05, 0.1) is 0 Å². The second-order valence-corrected chi connectivity index (χ2v) is 9.95. The molecule has 1 N–H and O–H groups in total. The highest BCUT2D eigenvalue weighted by molar-refractivity contribution is 5.85. The van der Waals surface area contributed by atoms with Crippen LogP contribution in [0, 0.1) is 6.92 Å². The molecule has 3 aromatic carbocycles. The quantitative estimate of drug-likeness (QED) is 0.458. The summed E-state index contributed by atoms with van der Waals surface area (Å²) in [6.07, 6.45) is 5.93. The maximum absolute atomic E-state index is 12.6. The Labute approximate surface area is 189 Å². The maximum Gasteiger partial charge on any atom is 0.223 e. The van der Waals surface area contributed by atoms with E-state index in [4.69, 9.17) is 0 Å². The summed E-state index contributed by atoms with van der Waals surface area (Å²) < 4.78 is 0. The van der Waals surface area contributed by atoms with Crippen LogP contribution >= 0.6 is 0 Å². The van der Waals surface area contributed by atoms with Crippen molar-refractivity contribution in [1.82, 2.24) is 5.32 Å². The number of hydrogen-bond donors (Lipinski definition) is 1. The Morgan fingerprint density at radius 1 is 0.969 bits per heavy atom. The van der Waals surface area contributed by atoms with Crippen LogP contribution in [-0.4, -0.2) is 18.1 Å². The Hall–Kier alpha value is -3.33. The first-order chi connectivity index (χ1) is 15.4. The van der Waals surface area contributed by atoms with Crippen molar-refractivity contribution in [1.29, 1.82) is 0 Å². The molecule has 0 radical (unpaired) electrons. The molecule has 3 aliphatic rings. The zero-order chi connectivity index (χ0) is 22.1. The number of carbonyl (C=O) groups excluding carboxylic acids is 1. The van der Waals surface area contributed by atoms with Crippen LogP contribution in [0.4, 0.5) is 5.69 Å². The number of rotatable bonds is 2. The minimum atomic E-state index is -0.569. The Morgan fingerprint density at radius 2 is 1.78 bits per heavy atom. The second-order valence-electron chi connectivity index (χ2n) is 9.95. The predicted octanol–water partition coefficient (Wildman–Crippen LogP) is 5.59. The molecule has 160 valence electrons. The van der Waals surface area contributed by atoms with Crippen molar-refractivity contribution in [3.63, 3.8) is 0 Å². The number of hydrogen-bond acceptors (Lipinski definition) is 2. The fourth-order valence-corrected chi connectivity index (χ4v) is 5.95. The average molecular weight is 421 g/mol. The highest BCUT2D eigenvalue weighted by Crippen LogP contribution is 2.52. The van der Waals surface area contributed by atoms with Gasteiger partial charge in [0.25, 0.3) is 0 Å². The molecule has 0 aromatic heterocycles. The molecular formula is C29H28N2O. The fraction of sp³-hybridized carbons (Fsp3) is 0.276. The van der Waals surface area contributed by atoms with Gasteiger partial charge in [0, 0.05) is 24.1 Å². The summed E-state index contributed by atoms with van der Waals surface area (Å²) in [5.41, 5.74) is 9.60. The number of fused-ring (bicyclic) bond motifs is 6. The van der Waals surface area contributed by atoms with E-state index < -0.39 is 5.66 Å². The normalized spacial score (nSPS) is 22.3.